The Balaban J connectivity index is 0.00000182. The number of rotatable bonds is 4. The number of halogens is 2. The van der Waals surface area contributed by atoms with Crippen molar-refractivity contribution in [1.82, 2.24) is 10.2 Å². The second kappa shape index (κ2) is 7.67. The molecule has 2 heterocycles. The van der Waals surface area contributed by atoms with Crippen molar-refractivity contribution in [3.05, 3.63) is 57.2 Å². The maximum absolute atomic E-state index is 13.2. The SMILES string of the molecule is Cl.O=C(c1ccccc1Cl)N(Cc1ccsc1)C1CC12CCNCC2. The van der Waals surface area contributed by atoms with E-state index >= 15 is 0 Å². The smallest absolute Gasteiger partial charge is 0.255 e. The molecule has 4 rings (SSSR count). The van der Waals surface area contributed by atoms with Crippen molar-refractivity contribution in [2.75, 3.05) is 13.1 Å². The Labute approximate surface area is 163 Å². The van der Waals surface area contributed by atoms with Crippen molar-refractivity contribution in [3.63, 3.8) is 0 Å². The first kappa shape index (κ1) is 18.7. The lowest BCUT2D eigenvalue weighted by Crippen LogP contribution is -2.39. The van der Waals surface area contributed by atoms with Crippen LogP contribution in [0.4, 0.5) is 0 Å². The second-order valence-corrected chi connectivity index (χ2v) is 8.06. The number of hydrogen-bond acceptors (Lipinski definition) is 3. The van der Waals surface area contributed by atoms with Gasteiger partial charge >= 0.3 is 0 Å². The largest absolute Gasteiger partial charge is 0.331 e. The molecule has 1 amide bonds. The highest BCUT2D eigenvalue weighted by molar-refractivity contribution is 7.07. The predicted octanol–water partition coefficient (Wildman–Crippen LogP) is 4.61. The van der Waals surface area contributed by atoms with Gasteiger partial charge in [-0.25, -0.2) is 0 Å². The van der Waals surface area contributed by atoms with E-state index in [9.17, 15) is 4.79 Å². The minimum Gasteiger partial charge on any atom is -0.331 e. The summed E-state index contributed by atoms with van der Waals surface area (Å²) in [6.45, 7) is 2.79. The first-order chi connectivity index (χ1) is 11.7. The molecule has 1 aliphatic carbocycles. The number of hydrogen-bond donors (Lipinski definition) is 1. The third-order valence-corrected chi connectivity index (χ3v) is 6.48. The zero-order valence-electron chi connectivity index (χ0n) is 13.9. The molecular formula is C19H22Cl2N2OS. The monoisotopic (exact) mass is 396 g/mol. The molecule has 3 nitrogen and oxygen atoms in total. The molecule has 1 saturated heterocycles. The lowest BCUT2D eigenvalue weighted by Gasteiger charge is -2.30. The number of carbonyl (C=O) groups is 1. The first-order valence-electron chi connectivity index (χ1n) is 8.47. The summed E-state index contributed by atoms with van der Waals surface area (Å²) in [4.78, 5) is 15.3. The van der Waals surface area contributed by atoms with Gasteiger partial charge in [0.2, 0.25) is 0 Å². The van der Waals surface area contributed by atoms with Crippen LogP contribution in [0.25, 0.3) is 0 Å². The van der Waals surface area contributed by atoms with E-state index in [4.69, 9.17) is 11.6 Å². The van der Waals surface area contributed by atoms with Crippen LogP contribution in [0, 0.1) is 5.41 Å². The van der Waals surface area contributed by atoms with E-state index in [0.29, 0.717) is 28.6 Å². The minimum absolute atomic E-state index is 0. The van der Waals surface area contributed by atoms with E-state index in [1.165, 1.54) is 5.56 Å². The molecule has 1 saturated carbocycles. The molecule has 6 heteroatoms. The number of nitrogens with one attached hydrogen (secondary N) is 1. The molecule has 1 aliphatic heterocycles. The van der Waals surface area contributed by atoms with E-state index in [0.717, 1.165) is 32.4 Å². The molecule has 1 unspecified atom stereocenters. The third-order valence-electron chi connectivity index (χ3n) is 5.42. The van der Waals surface area contributed by atoms with Gasteiger partial charge in [0.15, 0.2) is 0 Å². The summed E-state index contributed by atoms with van der Waals surface area (Å²) in [5.74, 6) is 0.0622. The summed E-state index contributed by atoms with van der Waals surface area (Å²) in [5, 5.41) is 8.17. The van der Waals surface area contributed by atoms with Gasteiger partial charge in [-0.3, -0.25) is 4.79 Å². The van der Waals surface area contributed by atoms with Crippen LogP contribution in [0.15, 0.2) is 41.1 Å². The van der Waals surface area contributed by atoms with E-state index in [1.807, 2.05) is 18.2 Å². The van der Waals surface area contributed by atoms with Gasteiger partial charge in [-0.05, 0) is 72.3 Å². The molecule has 1 atom stereocenters. The van der Waals surface area contributed by atoms with Gasteiger partial charge in [-0.1, -0.05) is 23.7 Å². The van der Waals surface area contributed by atoms with Crippen molar-refractivity contribution in [1.29, 1.82) is 0 Å². The van der Waals surface area contributed by atoms with Crippen LogP contribution in [0.1, 0.15) is 35.2 Å². The van der Waals surface area contributed by atoms with Crippen LogP contribution < -0.4 is 5.32 Å². The number of thiophene rings is 1. The van der Waals surface area contributed by atoms with E-state index in [-0.39, 0.29) is 18.3 Å². The summed E-state index contributed by atoms with van der Waals surface area (Å²) >= 11 is 7.97. The van der Waals surface area contributed by atoms with Gasteiger partial charge in [0.1, 0.15) is 0 Å². The van der Waals surface area contributed by atoms with Gasteiger partial charge in [-0.15, -0.1) is 12.4 Å². The van der Waals surface area contributed by atoms with Crippen molar-refractivity contribution in [2.24, 2.45) is 5.41 Å². The Kier molecular flexibility index (Phi) is 5.74. The normalized spacial score (nSPS) is 20.8. The van der Waals surface area contributed by atoms with Crippen molar-refractivity contribution < 1.29 is 4.79 Å². The molecule has 134 valence electrons. The molecule has 0 bridgehead atoms. The molecule has 1 spiro atoms. The molecule has 2 aromatic rings. The zero-order chi connectivity index (χ0) is 16.6. The summed E-state index contributed by atoms with van der Waals surface area (Å²) < 4.78 is 0. The van der Waals surface area contributed by atoms with E-state index in [2.05, 4.69) is 27.0 Å². The maximum Gasteiger partial charge on any atom is 0.255 e. The van der Waals surface area contributed by atoms with Crippen molar-refractivity contribution in [2.45, 2.75) is 31.8 Å². The molecule has 25 heavy (non-hydrogen) atoms. The topological polar surface area (TPSA) is 32.3 Å². The fourth-order valence-corrected chi connectivity index (χ4v) is 4.80. The average Bonchev–Trinajstić information content (AvgIpc) is 3.04. The van der Waals surface area contributed by atoms with Crippen LogP contribution in [0.3, 0.4) is 0 Å². The van der Waals surface area contributed by atoms with Crippen LogP contribution >= 0.6 is 35.3 Å². The Morgan fingerprint density at radius 2 is 2.04 bits per heavy atom. The Morgan fingerprint density at radius 1 is 1.28 bits per heavy atom. The summed E-state index contributed by atoms with van der Waals surface area (Å²) in [7, 11) is 0. The summed E-state index contributed by atoms with van der Waals surface area (Å²) in [6, 6.07) is 9.83. The highest BCUT2D eigenvalue weighted by Gasteiger charge is 2.57. The van der Waals surface area contributed by atoms with Gasteiger partial charge < -0.3 is 10.2 Å². The standard InChI is InChI=1S/C19H21ClN2OS.ClH/c20-16-4-2-1-3-15(16)18(23)22(12-14-5-10-24-13-14)17-11-19(17)6-8-21-9-7-19;/h1-5,10,13,17,21H,6-9,11-12H2;1H. The number of nitrogens with zero attached hydrogens (tertiary/aromatic N) is 1. The third kappa shape index (κ3) is 3.72. The van der Waals surface area contributed by atoms with E-state index in [1.54, 1.807) is 17.4 Å². The molecule has 2 aliphatic rings. The minimum atomic E-state index is 0. The Morgan fingerprint density at radius 3 is 2.72 bits per heavy atom. The Bertz CT molecular complexity index is 729. The fourth-order valence-electron chi connectivity index (χ4n) is 3.92. The molecule has 1 aromatic heterocycles. The predicted molar refractivity (Wildman–Crippen MR) is 106 cm³/mol. The lowest BCUT2D eigenvalue weighted by atomic mass is 9.93. The van der Waals surface area contributed by atoms with Crippen molar-refractivity contribution in [3.8, 4) is 0 Å². The number of piperidine rings is 1. The quantitative estimate of drug-likeness (QED) is 0.817. The zero-order valence-corrected chi connectivity index (χ0v) is 16.3. The second-order valence-electron chi connectivity index (χ2n) is 6.88. The molecule has 1 aromatic carbocycles. The van der Waals surface area contributed by atoms with Gasteiger partial charge in [-0.2, -0.15) is 11.3 Å². The fraction of sp³-hybridized carbons (Fsp3) is 0.421. The Hall–Kier alpha value is -1.07. The van der Waals surface area contributed by atoms with Crippen LogP contribution in [0.2, 0.25) is 5.02 Å². The molecule has 1 N–H and O–H groups in total. The van der Waals surface area contributed by atoms with Gasteiger partial charge in [0.25, 0.3) is 5.91 Å². The number of amides is 1. The molecular weight excluding hydrogens is 375 g/mol. The van der Waals surface area contributed by atoms with Crippen LogP contribution in [-0.2, 0) is 6.54 Å². The van der Waals surface area contributed by atoms with Crippen molar-refractivity contribution >= 4 is 41.3 Å². The highest BCUT2D eigenvalue weighted by Crippen LogP contribution is 2.56. The molecule has 2 fully saturated rings. The highest BCUT2D eigenvalue weighted by atomic mass is 35.5. The summed E-state index contributed by atoms with van der Waals surface area (Å²) in [5.41, 5.74) is 2.14. The van der Waals surface area contributed by atoms with Gasteiger partial charge in [0.05, 0.1) is 10.6 Å². The average molecular weight is 397 g/mol. The maximum atomic E-state index is 13.2. The van der Waals surface area contributed by atoms with Crippen LogP contribution in [-0.4, -0.2) is 29.9 Å². The lowest BCUT2D eigenvalue weighted by molar-refractivity contribution is 0.0692. The van der Waals surface area contributed by atoms with Crippen LogP contribution in [0.5, 0.6) is 0 Å². The van der Waals surface area contributed by atoms with E-state index < -0.39 is 0 Å². The molecule has 0 radical (unpaired) electrons. The van der Waals surface area contributed by atoms with Gasteiger partial charge in [0, 0.05) is 12.6 Å². The number of benzene rings is 1. The first-order valence-corrected chi connectivity index (χ1v) is 9.79. The number of carbonyl (C=O) groups excluding carboxylic acids is 1. The summed E-state index contributed by atoms with van der Waals surface area (Å²) in [6.07, 6.45) is 3.44.